The van der Waals surface area contributed by atoms with Crippen molar-refractivity contribution in [1.82, 2.24) is 9.80 Å². The van der Waals surface area contributed by atoms with E-state index in [9.17, 15) is 0 Å². The number of hydrogen-bond donors (Lipinski definition) is 1. The first kappa shape index (κ1) is 12.9. The molecule has 4 aliphatic rings. The van der Waals surface area contributed by atoms with Gasteiger partial charge in [-0.3, -0.25) is 4.99 Å². The van der Waals surface area contributed by atoms with E-state index in [4.69, 9.17) is 10.5 Å². The molecule has 1 spiro atoms. The summed E-state index contributed by atoms with van der Waals surface area (Å²) in [5, 5.41) is 0. The van der Waals surface area contributed by atoms with Gasteiger partial charge >= 0.3 is 0 Å². The van der Waals surface area contributed by atoms with E-state index in [-0.39, 0.29) is 5.54 Å². The summed E-state index contributed by atoms with van der Waals surface area (Å²) in [5.41, 5.74) is 6.40. The van der Waals surface area contributed by atoms with Crippen LogP contribution in [0.4, 0.5) is 0 Å². The molecule has 4 heterocycles. The second-order valence-corrected chi connectivity index (χ2v) is 6.93. The monoisotopic (exact) mass is 278 g/mol. The maximum absolute atomic E-state index is 6.21. The van der Waals surface area contributed by atoms with Gasteiger partial charge in [-0.1, -0.05) is 0 Å². The molecule has 3 unspecified atom stereocenters. The van der Waals surface area contributed by atoms with Crippen LogP contribution in [0, 0.1) is 0 Å². The third kappa shape index (κ3) is 2.02. The smallest absolute Gasteiger partial charge is 0.191 e. The largest absolute Gasteiger partial charge is 0.376 e. The van der Waals surface area contributed by atoms with Crippen LogP contribution in [-0.4, -0.2) is 66.2 Å². The Balaban J connectivity index is 1.50. The Morgan fingerprint density at radius 2 is 2.25 bits per heavy atom. The summed E-state index contributed by atoms with van der Waals surface area (Å²) < 4.78 is 5.82. The van der Waals surface area contributed by atoms with Crippen LogP contribution in [-0.2, 0) is 4.74 Å². The van der Waals surface area contributed by atoms with Gasteiger partial charge in [0.15, 0.2) is 5.96 Å². The van der Waals surface area contributed by atoms with Crippen molar-refractivity contribution in [3.63, 3.8) is 0 Å². The maximum Gasteiger partial charge on any atom is 0.191 e. The molecule has 112 valence electrons. The Labute approximate surface area is 121 Å². The molecule has 0 aromatic carbocycles. The lowest BCUT2D eigenvalue weighted by Gasteiger charge is -2.47. The van der Waals surface area contributed by atoms with E-state index in [1.807, 2.05) is 0 Å². The molecule has 4 aliphatic heterocycles. The van der Waals surface area contributed by atoms with Gasteiger partial charge in [0, 0.05) is 25.7 Å². The lowest BCUT2D eigenvalue weighted by Crippen LogP contribution is -2.60. The average molecular weight is 278 g/mol. The predicted octanol–water partition coefficient (Wildman–Crippen LogP) is 0.793. The van der Waals surface area contributed by atoms with Gasteiger partial charge in [-0.05, 0) is 45.1 Å². The lowest BCUT2D eigenvalue weighted by molar-refractivity contribution is 0.0257. The first-order valence-corrected chi connectivity index (χ1v) is 8.20. The van der Waals surface area contributed by atoms with E-state index < -0.39 is 0 Å². The molecule has 0 saturated carbocycles. The molecule has 0 aromatic rings. The first-order valence-electron chi connectivity index (χ1n) is 8.20. The van der Waals surface area contributed by atoms with Gasteiger partial charge in [-0.25, -0.2) is 0 Å². The van der Waals surface area contributed by atoms with Crippen LogP contribution < -0.4 is 5.73 Å². The number of fused-ring (bicyclic) bond motifs is 1. The van der Waals surface area contributed by atoms with Gasteiger partial charge < -0.3 is 20.3 Å². The number of nitrogens with zero attached hydrogens (tertiary/aromatic N) is 3. The molecule has 0 amide bonds. The third-order valence-electron chi connectivity index (χ3n) is 5.77. The van der Waals surface area contributed by atoms with Gasteiger partial charge in [0.25, 0.3) is 0 Å². The van der Waals surface area contributed by atoms with Crippen LogP contribution in [0.3, 0.4) is 0 Å². The van der Waals surface area contributed by atoms with Gasteiger partial charge in [0.05, 0.1) is 18.2 Å². The Morgan fingerprint density at radius 3 is 3.10 bits per heavy atom. The molecule has 3 atom stereocenters. The summed E-state index contributed by atoms with van der Waals surface area (Å²) in [5.74, 6) is 0.756. The van der Waals surface area contributed by atoms with Crippen molar-refractivity contribution in [3.05, 3.63) is 0 Å². The SMILES string of the molecule is NC1=NCC2(CCN3CCCC3C2)N1CC1CCCO1. The summed E-state index contributed by atoms with van der Waals surface area (Å²) in [6.45, 7) is 5.27. The topological polar surface area (TPSA) is 54.1 Å². The molecule has 4 rings (SSSR count). The molecule has 5 nitrogen and oxygen atoms in total. The van der Waals surface area contributed by atoms with Crippen LogP contribution in [0.5, 0.6) is 0 Å². The van der Waals surface area contributed by atoms with Crippen molar-refractivity contribution in [2.75, 3.05) is 32.8 Å². The minimum absolute atomic E-state index is 0.196. The summed E-state index contributed by atoms with van der Waals surface area (Å²) in [7, 11) is 0. The van der Waals surface area contributed by atoms with Gasteiger partial charge in [-0.2, -0.15) is 0 Å². The van der Waals surface area contributed by atoms with Gasteiger partial charge in [0.1, 0.15) is 0 Å². The molecule has 2 N–H and O–H groups in total. The van der Waals surface area contributed by atoms with Crippen molar-refractivity contribution in [2.45, 2.75) is 56.2 Å². The summed E-state index contributed by atoms with van der Waals surface area (Å²) in [4.78, 5) is 9.67. The van der Waals surface area contributed by atoms with E-state index in [0.29, 0.717) is 6.10 Å². The highest BCUT2D eigenvalue weighted by molar-refractivity contribution is 5.81. The fourth-order valence-corrected chi connectivity index (χ4v) is 4.62. The van der Waals surface area contributed by atoms with Crippen molar-refractivity contribution in [2.24, 2.45) is 10.7 Å². The summed E-state index contributed by atoms with van der Waals surface area (Å²) in [6.07, 6.45) is 7.90. The Hall–Kier alpha value is -0.810. The normalized spacial score (nSPS) is 41.4. The lowest BCUT2D eigenvalue weighted by atomic mass is 9.82. The molecular formula is C15H26N4O. The number of piperidine rings is 1. The quantitative estimate of drug-likeness (QED) is 0.811. The number of nitrogens with two attached hydrogens (primary N) is 1. The van der Waals surface area contributed by atoms with Crippen LogP contribution >= 0.6 is 0 Å². The molecule has 3 fully saturated rings. The van der Waals surface area contributed by atoms with Crippen molar-refractivity contribution in [1.29, 1.82) is 0 Å². The molecule has 3 saturated heterocycles. The highest BCUT2D eigenvalue weighted by Crippen LogP contribution is 2.39. The van der Waals surface area contributed by atoms with Crippen LogP contribution in [0.15, 0.2) is 4.99 Å². The molecule has 5 heteroatoms. The zero-order chi connectivity index (χ0) is 13.6. The van der Waals surface area contributed by atoms with Crippen molar-refractivity contribution < 1.29 is 4.74 Å². The Kier molecular flexibility index (Phi) is 3.15. The number of rotatable bonds is 2. The minimum atomic E-state index is 0.196. The zero-order valence-electron chi connectivity index (χ0n) is 12.3. The fraction of sp³-hybridized carbons (Fsp3) is 0.933. The summed E-state index contributed by atoms with van der Waals surface area (Å²) >= 11 is 0. The van der Waals surface area contributed by atoms with E-state index in [1.54, 1.807) is 0 Å². The molecule has 20 heavy (non-hydrogen) atoms. The molecular weight excluding hydrogens is 252 g/mol. The van der Waals surface area contributed by atoms with E-state index in [0.717, 1.165) is 31.7 Å². The molecule has 0 radical (unpaired) electrons. The predicted molar refractivity (Wildman–Crippen MR) is 78.7 cm³/mol. The second-order valence-electron chi connectivity index (χ2n) is 6.93. The van der Waals surface area contributed by atoms with Crippen molar-refractivity contribution in [3.8, 4) is 0 Å². The summed E-state index contributed by atoms with van der Waals surface area (Å²) in [6, 6.07) is 0.761. The highest BCUT2D eigenvalue weighted by atomic mass is 16.5. The van der Waals surface area contributed by atoms with E-state index in [2.05, 4.69) is 14.8 Å². The fourth-order valence-electron chi connectivity index (χ4n) is 4.62. The van der Waals surface area contributed by atoms with Gasteiger partial charge in [-0.15, -0.1) is 0 Å². The molecule has 0 bridgehead atoms. The maximum atomic E-state index is 6.21. The average Bonchev–Trinajstić information content (AvgIpc) is 3.16. The van der Waals surface area contributed by atoms with Crippen LogP contribution in [0.1, 0.15) is 38.5 Å². The number of hydrogen-bond acceptors (Lipinski definition) is 5. The number of ether oxygens (including phenoxy) is 1. The minimum Gasteiger partial charge on any atom is -0.376 e. The van der Waals surface area contributed by atoms with Crippen molar-refractivity contribution >= 4 is 5.96 Å². The number of aliphatic imine (C=N–C) groups is 1. The highest BCUT2D eigenvalue weighted by Gasteiger charge is 2.49. The second kappa shape index (κ2) is 4.88. The third-order valence-corrected chi connectivity index (χ3v) is 5.77. The van der Waals surface area contributed by atoms with Gasteiger partial charge in [0.2, 0.25) is 0 Å². The van der Waals surface area contributed by atoms with E-state index in [1.165, 1.54) is 51.6 Å². The zero-order valence-corrected chi connectivity index (χ0v) is 12.3. The Morgan fingerprint density at radius 1 is 1.30 bits per heavy atom. The standard InChI is InChI=1S/C15H26N4O/c16-14-17-11-15(19(14)10-13-4-2-8-20-13)5-7-18-6-1-3-12(18)9-15/h12-13H,1-11H2,(H2,16,17). The van der Waals surface area contributed by atoms with E-state index >= 15 is 0 Å². The molecule has 0 aromatic heterocycles. The van der Waals surface area contributed by atoms with Crippen LogP contribution in [0.2, 0.25) is 0 Å². The number of guanidine groups is 1. The Bertz CT molecular complexity index is 407. The van der Waals surface area contributed by atoms with Crippen LogP contribution in [0.25, 0.3) is 0 Å². The first-order chi connectivity index (χ1) is 9.77. The molecule has 0 aliphatic carbocycles.